The zero-order chi connectivity index (χ0) is 15.0. The van der Waals surface area contributed by atoms with E-state index in [1.165, 1.54) is 18.4 Å². The lowest BCUT2D eigenvalue weighted by molar-refractivity contribution is -0.116. The molecule has 1 amide bonds. The Morgan fingerprint density at radius 3 is 3.00 bits per heavy atom. The number of aromatic hydroxyl groups is 1. The van der Waals surface area contributed by atoms with Gasteiger partial charge in [0.25, 0.3) is 0 Å². The van der Waals surface area contributed by atoms with E-state index in [0.717, 1.165) is 15.6 Å². The highest BCUT2D eigenvalue weighted by molar-refractivity contribution is 7.16. The number of benzene rings is 1. The number of nitrogens with one attached hydrogen (secondary N) is 2. The maximum atomic E-state index is 11.9. The molecule has 1 unspecified atom stereocenters. The number of aromatic nitrogens is 1. The summed E-state index contributed by atoms with van der Waals surface area (Å²) in [6.07, 6.45) is 0.337. The molecule has 1 atom stereocenters. The van der Waals surface area contributed by atoms with Gasteiger partial charge in [-0.15, -0.1) is 0 Å². The Morgan fingerprint density at radius 1 is 1.52 bits per heavy atom. The van der Waals surface area contributed by atoms with Gasteiger partial charge in [0, 0.05) is 19.4 Å². The Bertz CT molecular complexity index is 699. The molecule has 3 N–H and O–H groups in total. The lowest BCUT2D eigenvalue weighted by Gasteiger charge is -2.22. The Balaban J connectivity index is 2.04. The van der Waals surface area contributed by atoms with Crippen LogP contribution in [0.2, 0.25) is 0 Å². The van der Waals surface area contributed by atoms with Crippen molar-refractivity contribution in [2.45, 2.75) is 12.3 Å². The molecule has 1 aromatic heterocycles. The third-order valence-corrected chi connectivity index (χ3v) is 4.62. The van der Waals surface area contributed by atoms with Crippen LogP contribution in [0.3, 0.4) is 0 Å². The van der Waals surface area contributed by atoms with Crippen LogP contribution >= 0.6 is 11.3 Å². The first kappa shape index (κ1) is 13.7. The number of methoxy groups -OCH3 is 1. The summed E-state index contributed by atoms with van der Waals surface area (Å²) < 4.78 is 5.05. The maximum absolute atomic E-state index is 11.9. The molecular formula is C14H15N3O3S. The van der Waals surface area contributed by atoms with Gasteiger partial charge in [0.05, 0.1) is 12.0 Å². The fraction of sp³-hybridized carbons (Fsp3) is 0.286. The molecule has 1 aliphatic heterocycles. The number of anilines is 2. The summed E-state index contributed by atoms with van der Waals surface area (Å²) in [5.41, 5.74) is 0.871. The van der Waals surface area contributed by atoms with Crippen molar-refractivity contribution in [3.63, 3.8) is 0 Å². The van der Waals surface area contributed by atoms with Crippen LogP contribution in [0.5, 0.6) is 11.5 Å². The van der Waals surface area contributed by atoms with Gasteiger partial charge in [-0.1, -0.05) is 17.4 Å². The topological polar surface area (TPSA) is 83.5 Å². The van der Waals surface area contributed by atoms with Crippen LogP contribution in [0.25, 0.3) is 0 Å². The van der Waals surface area contributed by atoms with Gasteiger partial charge in [-0.2, -0.15) is 0 Å². The quantitative estimate of drug-likeness (QED) is 0.811. The van der Waals surface area contributed by atoms with Crippen LogP contribution in [0, 0.1) is 0 Å². The molecule has 0 radical (unpaired) electrons. The molecule has 0 aliphatic carbocycles. The lowest BCUT2D eigenvalue weighted by atomic mass is 9.91. The number of hydrogen-bond acceptors (Lipinski definition) is 6. The molecule has 1 aliphatic rings. The molecule has 3 rings (SSSR count). The Morgan fingerprint density at radius 2 is 2.33 bits per heavy atom. The van der Waals surface area contributed by atoms with Crippen LogP contribution in [0.15, 0.2) is 18.2 Å². The van der Waals surface area contributed by atoms with Crippen molar-refractivity contribution < 1.29 is 14.6 Å². The molecule has 0 spiro atoms. The van der Waals surface area contributed by atoms with Gasteiger partial charge in [-0.3, -0.25) is 4.79 Å². The predicted molar refractivity (Wildman–Crippen MR) is 81.4 cm³/mol. The number of thiazole rings is 1. The number of phenols is 1. The molecule has 21 heavy (non-hydrogen) atoms. The average molecular weight is 305 g/mol. The van der Waals surface area contributed by atoms with Crippen molar-refractivity contribution in [1.29, 1.82) is 0 Å². The van der Waals surface area contributed by atoms with Crippen LogP contribution in [-0.4, -0.2) is 30.2 Å². The van der Waals surface area contributed by atoms with E-state index in [4.69, 9.17) is 4.74 Å². The fourth-order valence-corrected chi connectivity index (χ4v) is 3.42. The number of ether oxygens (including phenoxy) is 1. The SMILES string of the molecule is CNc1nc2c(s1)C(c1ccc(OC)c(O)c1)CC(=O)N2. The van der Waals surface area contributed by atoms with Crippen molar-refractivity contribution in [1.82, 2.24) is 4.98 Å². The van der Waals surface area contributed by atoms with Gasteiger partial charge in [-0.25, -0.2) is 4.98 Å². The maximum Gasteiger partial charge on any atom is 0.226 e. The minimum atomic E-state index is -0.106. The number of carbonyl (C=O) groups is 1. The number of rotatable bonds is 3. The summed E-state index contributed by atoms with van der Waals surface area (Å²) in [6, 6.07) is 5.21. The Labute approximate surface area is 125 Å². The number of fused-ring (bicyclic) bond motifs is 1. The predicted octanol–water partition coefficient (Wildman–Crippen LogP) is 2.37. The number of phenolic OH excluding ortho intramolecular Hbond substituents is 1. The molecule has 0 bridgehead atoms. The van der Waals surface area contributed by atoms with Crippen LogP contribution in [0.1, 0.15) is 22.8 Å². The second-order valence-electron chi connectivity index (χ2n) is 4.72. The monoisotopic (exact) mass is 305 g/mol. The smallest absolute Gasteiger partial charge is 0.226 e. The van der Waals surface area contributed by atoms with E-state index in [9.17, 15) is 9.90 Å². The number of nitrogens with zero attached hydrogens (tertiary/aromatic N) is 1. The average Bonchev–Trinajstić information content (AvgIpc) is 2.89. The highest BCUT2D eigenvalue weighted by Gasteiger charge is 2.30. The Kier molecular flexibility index (Phi) is 3.42. The Hall–Kier alpha value is -2.28. The number of hydrogen-bond donors (Lipinski definition) is 3. The van der Waals surface area contributed by atoms with Crippen LogP contribution in [-0.2, 0) is 4.79 Å². The van der Waals surface area contributed by atoms with E-state index < -0.39 is 0 Å². The van der Waals surface area contributed by atoms with E-state index >= 15 is 0 Å². The van der Waals surface area contributed by atoms with E-state index in [0.29, 0.717) is 18.0 Å². The van der Waals surface area contributed by atoms with E-state index in [2.05, 4.69) is 15.6 Å². The summed E-state index contributed by atoms with van der Waals surface area (Å²) in [5.74, 6) is 0.905. The van der Waals surface area contributed by atoms with E-state index in [-0.39, 0.29) is 17.6 Å². The van der Waals surface area contributed by atoms with Crippen molar-refractivity contribution in [2.75, 3.05) is 24.8 Å². The van der Waals surface area contributed by atoms with Crippen LogP contribution < -0.4 is 15.4 Å². The van der Waals surface area contributed by atoms with Gasteiger partial charge < -0.3 is 20.5 Å². The summed E-state index contributed by atoms with van der Waals surface area (Å²) in [6.45, 7) is 0. The van der Waals surface area contributed by atoms with Crippen molar-refractivity contribution >= 4 is 28.2 Å². The van der Waals surface area contributed by atoms with Crippen molar-refractivity contribution in [3.05, 3.63) is 28.6 Å². The zero-order valence-corrected chi connectivity index (χ0v) is 12.5. The molecule has 7 heteroatoms. The first-order valence-corrected chi connectivity index (χ1v) is 7.29. The zero-order valence-electron chi connectivity index (χ0n) is 11.6. The van der Waals surface area contributed by atoms with Gasteiger partial charge >= 0.3 is 0 Å². The van der Waals surface area contributed by atoms with E-state index in [1.807, 2.05) is 6.07 Å². The standard InChI is InChI=1S/C14H15N3O3S/c1-15-14-17-13-12(21-14)8(6-11(19)16-13)7-3-4-10(20-2)9(18)5-7/h3-5,8,18H,6H2,1-2H3,(H,15,17)(H,16,19). The van der Waals surface area contributed by atoms with Crippen molar-refractivity contribution in [3.8, 4) is 11.5 Å². The summed E-state index contributed by atoms with van der Waals surface area (Å²) in [4.78, 5) is 17.2. The number of carbonyl (C=O) groups excluding carboxylic acids is 1. The minimum absolute atomic E-state index is 0.0703. The highest BCUT2D eigenvalue weighted by Crippen LogP contribution is 2.43. The summed E-state index contributed by atoms with van der Waals surface area (Å²) in [5, 5.41) is 16.5. The van der Waals surface area contributed by atoms with Gasteiger partial charge in [-0.05, 0) is 17.7 Å². The third kappa shape index (κ3) is 2.40. The second-order valence-corrected chi connectivity index (χ2v) is 5.75. The largest absolute Gasteiger partial charge is 0.504 e. The first-order valence-electron chi connectivity index (χ1n) is 6.47. The summed E-state index contributed by atoms with van der Waals surface area (Å²) in [7, 11) is 3.30. The summed E-state index contributed by atoms with van der Waals surface area (Å²) >= 11 is 1.51. The van der Waals surface area contributed by atoms with Crippen LogP contribution in [0.4, 0.5) is 10.9 Å². The molecule has 110 valence electrons. The minimum Gasteiger partial charge on any atom is -0.504 e. The molecule has 2 aromatic rings. The molecule has 0 saturated carbocycles. The normalized spacial score (nSPS) is 17.0. The lowest BCUT2D eigenvalue weighted by Crippen LogP contribution is -2.22. The van der Waals surface area contributed by atoms with Gasteiger partial charge in [0.15, 0.2) is 16.6 Å². The molecule has 2 heterocycles. The highest BCUT2D eigenvalue weighted by atomic mass is 32.1. The fourth-order valence-electron chi connectivity index (χ4n) is 2.42. The molecular weight excluding hydrogens is 290 g/mol. The molecule has 6 nitrogen and oxygen atoms in total. The number of amides is 1. The van der Waals surface area contributed by atoms with Gasteiger partial charge in [0.2, 0.25) is 5.91 Å². The second kappa shape index (κ2) is 5.25. The van der Waals surface area contributed by atoms with Gasteiger partial charge in [0.1, 0.15) is 5.82 Å². The molecule has 1 aromatic carbocycles. The van der Waals surface area contributed by atoms with E-state index in [1.54, 1.807) is 19.2 Å². The molecule has 0 fully saturated rings. The first-order chi connectivity index (χ1) is 10.1. The van der Waals surface area contributed by atoms with Crippen molar-refractivity contribution in [2.24, 2.45) is 0 Å². The molecule has 0 saturated heterocycles. The third-order valence-electron chi connectivity index (χ3n) is 3.44.